The number of benzene rings is 1. The van der Waals surface area contributed by atoms with Crippen LogP contribution in [0.5, 0.6) is 17.5 Å². The van der Waals surface area contributed by atoms with Crippen LogP contribution in [-0.4, -0.2) is 130 Å². The molecule has 0 spiro atoms. The van der Waals surface area contributed by atoms with Gasteiger partial charge in [0.1, 0.15) is 17.3 Å². The molecule has 2 aliphatic heterocycles. The smallest absolute Gasteiger partial charge is 0.339 e. The fourth-order valence-corrected chi connectivity index (χ4v) is 7.73. The van der Waals surface area contributed by atoms with Gasteiger partial charge in [-0.25, -0.2) is 23.9 Å². The Hall–Kier alpha value is -6.56. The number of aromatic nitrogens is 5. The van der Waals surface area contributed by atoms with Crippen molar-refractivity contribution in [3.8, 4) is 29.9 Å². The molecule has 0 unspecified atom stereocenters. The number of rotatable bonds is 12. The van der Waals surface area contributed by atoms with Crippen molar-refractivity contribution >= 4 is 70.3 Å². The molecule has 1 aromatic carbocycles. The van der Waals surface area contributed by atoms with Gasteiger partial charge in [0.2, 0.25) is 22.5 Å². The molecule has 0 bridgehead atoms. The lowest BCUT2D eigenvalue weighted by molar-refractivity contribution is -0.135. The number of carboxylic acid groups (broad SMARTS) is 1. The van der Waals surface area contributed by atoms with Crippen molar-refractivity contribution in [3.63, 3.8) is 0 Å². The highest BCUT2D eigenvalue weighted by atomic mass is 32.2. The van der Waals surface area contributed by atoms with E-state index in [9.17, 15) is 36.6 Å². The van der Waals surface area contributed by atoms with Gasteiger partial charge in [0, 0.05) is 50.9 Å². The predicted molar refractivity (Wildman–Crippen MR) is 225 cm³/mol. The third-order valence-electron chi connectivity index (χ3n) is 8.24. The number of carboxylic acids is 1. The van der Waals surface area contributed by atoms with Crippen LogP contribution in [0.2, 0.25) is 0 Å². The number of sulfonamides is 1. The number of carbonyl (C=O) groups is 4. The normalized spacial score (nSPS) is 13.9. The van der Waals surface area contributed by atoms with Gasteiger partial charge in [-0.05, 0) is 23.6 Å². The number of nitrogens with zero attached hydrogens (tertiary/aromatic N) is 8. The number of carbonyl (C=O) groups excluding carboxylic acids is 3. The summed E-state index contributed by atoms with van der Waals surface area (Å²) in [5, 5.41) is 11.6. The first-order valence-electron chi connectivity index (χ1n) is 18.2. The quantitative estimate of drug-likeness (QED) is 0.0857. The average molecular weight is 952 g/mol. The van der Waals surface area contributed by atoms with Crippen molar-refractivity contribution in [1.29, 1.82) is 0 Å². The molecule has 0 atom stereocenters. The molecule has 28 heteroatoms. The van der Waals surface area contributed by atoms with E-state index in [1.54, 1.807) is 4.72 Å². The molecule has 0 saturated carbocycles. The second-order valence-electron chi connectivity index (χ2n) is 14.2. The zero-order valence-corrected chi connectivity index (χ0v) is 37.5. The summed E-state index contributed by atoms with van der Waals surface area (Å²) in [4.78, 5) is 81.6. The van der Waals surface area contributed by atoms with Crippen LogP contribution >= 0.6 is 19.1 Å². The first-order valence-corrected chi connectivity index (χ1v) is 22.3. The number of fused-ring (bicyclic) bond motifs is 2. The highest BCUT2D eigenvalue weighted by molar-refractivity contribution is 7.90. The first kappa shape index (κ1) is 50.1. The van der Waals surface area contributed by atoms with E-state index >= 15 is 0 Å². The van der Waals surface area contributed by atoms with Crippen molar-refractivity contribution in [2.45, 2.75) is 31.8 Å². The summed E-state index contributed by atoms with van der Waals surface area (Å²) in [6.07, 6.45) is 6.81. The molecule has 4 amide bonds. The molecule has 0 fully saturated rings. The summed E-state index contributed by atoms with van der Waals surface area (Å²) in [6, 6.07) is 5.66. The number of urea groups is 1. The molecule has 344 valence electrons. The Morgan fingerprint density at radius 2 is 1.83 bits per heavy atom. The summed E-state index contributed by atoms with van der Waals surface area (Å²) in [5.41, 5.74) is 0.490. The predicted octanol–water partition coefficient (Wildman–Crippen LogP) is 1.15. The SMILES string of the molecule is C#CCN1C(=O)COc2cc(F)c(/N=c3\snc4n3CC(C)(C)C4)cc21.COc1cc(OC)nc(NC(=O)NS(=O)(=O)c2ncccc2C(=O)N(C)C)n1.O=C(O)CNCP(=O)(O)O. The second-order valence-corrected chi connectivity index (χ2v) is 18.2. The van der Waals surface area contributed by atoms with E-state index in [4.69, 9.17) is 35.5 Å². The molecule has 6 rings (SSSR count). The van der Waals surface area contributed by atoms with Gasteiger partial charge < -0.3 is 38.6 Å². The minimum atomic E-state index is -4.46. The lowest BCUT2D eigenvalue weighted by Gasteiger charge is -2.28. The van der Waals surface area contributed by atoms with E-state index in [2.05, 4.69) is 54.7 Å². The Balaban J connectivity index is 0.000000233. The van der Waals surface area contributed by atoms with E-state index < -0.39 is 59.2 Å². The fraction of sp³-hybridized carbons (Fsp3) is 0.361. The summed E-state index contributed by atoms with van der Waals surface area (Å²) >= 11 is 1.24. The largest absolute Gasteiger partial charge is 0.481 e. The van der Waals surface area contributed by atoms with E-state index in [1.165, 1.54) is 86.2 Å². The molecule has 3 aromatic heterocycles. The maximum atomic E-state index is 14.5. The average Bonchev–Trinajstić information content (AvgIpc) is 3.72. The standard InChI is InChI=1S/C18H17FN4O2S.C15H18N6O6S.C3H8NO5P/c1-4-5-22-13-7-12(11(19)6-14(13)25-9-16(22)24)20-17-23-10-18(2,3)8-15(23)21-26-17;1-21(2)13(22)9-6-5-7-16-12(9)28(24,25)20-15(23)19-14-17-10(26-3)8-11(18-14)27-4;5-3(6)1-4-2-10(7,8)9/h1,6-7H,5,8-10H2,2-3H3;5-8H,1-4H3,(H2,17,18,19,20,23);4H,1-2H2,(H,5,6)(H2,7,8,9)/b20-17-;;. The van der Waals surface area contributed by atoms with Gasteiger partial charge in [0.15, 0.2) is 17.5 Å². The van der Waals surface area contributed by atoms with Crippen LogP contribution in [0.15, 0.2) is 46.5 Å². The minimum absolute atomic E-state index is 0.0913. The summed E-state index contributed by atoms with van der Waals surface area (Å²) in [6.45, 7) is 4.61. The van der Waals surface area contributed by atoms with E-state index in [0.717, 1.165) is 18.8 Å². The summed E-state index contributed by atoms with van der Waals surface area (Å²) in [5.74, 6) is 1.12. The van der Waals surface area contributed by atoms with Gasteiger partial charge in [-0.3, -0.25) is 34.5 Å². The number of hydrogen-bond donors (Lipinski definition) is 6. The Morgan fingerprint density at radius 3 is 2.42 bits per heavy atom. The topological polar surface area (TPSA) is 319 Å². The molecule has 4 aromatic rings. The fourth-order valence-electron chi connectivity index (χ4n) is 5.53. The number of pyridine rings is 1. The van der Waals surface area contributed by atoms with Gasteiger partial charge in [-0.15, -0.1) is 6.42 Å². The molecule has 2 aliphatic rings. The monoisotopic (exact) mass is 951 g/mol. The van der Waals surface area contributed by atoms with E-state index in [1.807, 2.05) is 4.57 Å². The molecular formula is C36H43FN11O13PS2. The first-order chi connectivity index (χ1) is 30.0. The van der Waals surface area contributed by atoms with Crippen LogP contribution in [0.3, 0.4) is 0 Å². The van der Waals surface area contributed by atoms with Crippen molar-refractivity contribution in [1.82, 2.24) is 38.8 Å². The van der Waals surface area contributed by atoms with E-state index in [0.29, 0.717) is 16.2 Å². The highest BCUT2D eigenvalue weighted by Gasteiger charge is 2.32. The Labute approximate surface area is 368 Å². The third kappa shape index (κ3) is 13.7. The van der Waals surface area contributed by atoms with Crippen molar-refractivity contribution in [2.24, 2.45) is 10.4 Å². The maximum Gasteiger partial charge on any atom is 0.339 e. The summed E-state index contributed by atoms with van der Waals surface area (Å²) < 4.78 is 73.1. The Kier molecular flexibility index (Phi) is 16.6. The number of aliphatic carboxylic acids is 1. The van der Waals surface area contributed by atoms with Crippen LogP contribution in [0.1, 0.15) is 30.0 Å². The van der Waals surface area contributed by atoms with Crippen molar-refractivity contribution in [3.05, 3.63) is 58.5 Å². The minimum Gasteiger partial charge on any atom is -0.481 e. The van der Waals surface area contributed by atoms with Gasteiger partial charge in [0.25, 0.3) is 21.8 Å². The molecular weight excluding hydrogens is 909 g/mol. The van der Waals surface area contributed by atoms with Gasteiger partial charge in [-0.1, -0.05) is 19.8 Å². The highest BCUT2D eigenvalue weighted by Crippen LogP contribution is 2.38. The maximum absolute atomic E-state index is 14.5. The van der Waals surface area contributed by atoms with Gasteiger partial charge in [-0.2, -0.15) is 22.8 Å². The van der Waals surface area contributed by atoms with Crippen molar-refractivity contribution < 1.29 is 65.7 Å². The number of methoxy groups -OCH3 is 2. The molecule has 0 saturated heterocycles. The molecule has 5 heterocycles. The van der Waals surface area contributed by atoms with Crippen LogP contribution in [0, 0.1) is 23.6 Å². The second kappa shape index (κ2) is 21.2. The van der Waals surface area contributed by atoms with Crippen molar-refractivity contribution in [2.75, 3.05) is 64.5 Å². The lowest BCUT2D eigenvalue weighted by Crippen LogP contribution is -2.39. The Bertz CT molecular complexity index is 2660. The van der Waals surface area contributed by atoms with Gasteiger partial charge >= 0.3 is 19.6 Å². The van der Waals surface area contributed by atoms with Crippen LogP contribution < -0.4 is 39.3 Å². The molecule has 0 radical (unpaired) electrons. The number of anilines is 2. The number of ether oxygens (including phenoxy) is 3. The molecule has 24 nitrogen and oxygen atoms in total. The van der Waals surface area contributed by atoms with Crippen LogP contribution in [-0.2, 0) is 37.1 Å². The zero-order valence-electron chi connectivity index (χ0n) is 34.9. The van der Waals surface area contributed by atoms with Crippen LogP contribution in [0.4, 0.5) is 26.5 Å². The summed E-state index contributed by atoms with van der Waals surface area (Å²) in [7, 11) is -2.94. The molecule has 64 heavy (non-hydrogen) atoms. The molecule has 0 aliphatic carbocycles. The molecule has 6 N–H and O–H groups in total. The number of nitrogens with one attached hydrogen (secondary N) is 3. The lowest BCUT2D eigenvalue weighted by atomic mass is 9.92. The van der Waals surface area contributed by atoms with Crippen LogP contribution in [0.25, 0.3) is 0 Å². The number of hydrogen-bond acceptors (Lipinski definition) is 17. The number of amides is 4. The zero-order chi connectivity index (χ0) is 47.6. The van der Waals surface area contributed by atoms with Gasteiger partial charge in [0.05, 0.1) is 50.9 Å². The third-order valence-corrected chi connectivity index (χ3v) is 10.9. The number of terminal acetylenes is 1. The van der Waals surface area contributed by atoms with E-state index in [-0.39, 0.29) is 53.4 Å². The number of halogens is 1. The Morgan fingerprint density at radius 1 is 1.16 bits per heavy atom.